The molecule has 1 N–H and O–H groups in total. The Balaban J connectivity index is 1.98. The SMILES string of the molecule is COc1ccc(N(CC(=O)Nc2ccccc2C)S(=O)(=O)c2ccccc2)cc1Cl. The highest BCUT2D eigenvalue weighted by Crippen LogP contribution is 2.32. The van der Waals surface area contributed by atoms with Gasteiger partial charge in [-0.3, -0.25) is 9.10 Å². The summed E-state index contributed by atoms with van der Waals surface area (Å²) >= 11 is 6.21. The Morgan fingerprint density at radius 2 is 1.70 bits per heavy atom. The van der Waals surface area contributed by atoms with Crippen LogP contribution >= 0.6 is 11.6 Å². The average Bonchev–Trinajstić information content (AvgIpc) is 2.74. The monoisotopic (exact) mass is 444 g/mol. The van der Waals surface area contributed by atoms with Crippen LogP contribution in [0.3, 0.4) is 0 Å². The lowest BCUT2D eigenvalue weighted by atomic mass is 10.2. The zero-order valence-electron chi connectivity index (χ0n) is 16.5. The van der Waals surface area contributed by atoms with Crippen LogP contribution in [0.5, 0.6) is 5.75 Å². The Morgan fingerprint density at radius 1 is 1.03 bits per heavy atom. The van der Waals surface area contributed by atoms with E-state index in [0.717, 1.165) is 9.87 Å². The number of hydrogen-bond acceptors (Lipinski definition) is 4. The minimum absolute atomic E-state index is 0.0700. The van der Waals surface area contributed by atoms with Crippen LogP contribution in [0.1, 0.15) is 5.56 Å². The fourth-order valence-electron chi connectivity index (χ4n) is 2.88. The summed E-state index contributed by atoms with van der Waals surface area (Å²) in [6.45, 7) is 1.44. The number of rotatable bonds is 7. The Bertz CT molecular complexity index is 1150. The zero-order valence-corrected chi connectivity index (χ0v) is 18.1. The van der Waals surface area contributed by atoms with Crippen LogP contribution < -0.4 is 14.4 Å². The molecule has 8 heteroatoms. The molecule has 0 unspecified atom stereocenters. The summed E-state index contributed by atoms with van der Waals surface area (Å²) in [4.78, 5) is 12.8. The van der Waals surface area contributed by atoms with Gasteiger partial charge in [0.1, 0.15) is 12.3 Å². The van der Waals surface area contributed by atoms with E-state index in [1.807, 2.05) is 19.1 Å². The van der Waals surface area contributed by atoms with Crippen molar-refractivity contribution >= 4 is 38.9 Å². The molecule has 1 amide bonds. The van der Waals surface area contributed by atoms with Crippen LogP contribution in [0.4, 0.5) is 11.4 Å². The van der Waals surface area contributed by atoms with Crippen LogP contribution in [0.15, 0.2) is 77.7 Å². The van der Waals surface area contributed by atoms with Gasteiger partial charge in [0.25, 0.3) is 10.0 Å². The molecular weight excluding hydrogens is 424 g/mol. The lowest BCUT2D eigenvalue weighted by Crippen LogP contribution is -2.38. The highest BCUT2D eigenvalue weighted by Gasteiger charge is 2.27. The van der Waals surface area contributed by atoms with Crippen molar-refractivity contribution in [2.24, 2.45) is 0 Å². The number of carbonyl (C=O) groups is 1. The molecule has 0 bridgehead atoms. The number of sulfonamides is 1. The Labute approximate surface area is 181 Å². The molecule has 156 valence electrons. The molecule has 0 saturated heterocycles. The Kier molecular flexibility index (Phi) is 6.64. The van der Waals surface area contributed by atoms with Crippen LogP contribution in [0.2, 0.25) is 5.02 Å². The highest BCUT2D eigenvalue weighted by atomic mass is 35.5. The first-order valence-corrected chi connectivity index (χ1v) is 10.9. The first kappa shape index (κ1) is 21.7. The van der Waals surface area contributed by atoms with E-state index < -0.39 is 22.5 Å². The minimum Gasteiger partial charge on any atom is -0.495 e. The average molecular weight is 445 g/mol. The summed E-state index contributed by atoms with van der Waals surface area (Å²) in [5.74, 6) is -0.0717. The number of nitrogens with one attached hydrogen (secondary N) is 1. The molecule has 0 atom stereocenters. The third-order valence-corrected chi connectivity index (χ3v) is 6.54. The van der Waals surface area contributed by atoms with Gasteiger partial charge in [0.15, 0.2) is 0 Å². The maximum Gasteiger partial charge on any atom is 0.264 e. The summed E-state index contributed by atoms with van der Waals surface area (Å²) in [6, 6.07) is 19.8. The van der Waals surface area contributed by atoms with Gasteiger partial charge in [-0.2, -0.15) is 0 Å². The van der Waals surface area contributed by atoms with E-state index >= 15 is 0 Å². The molecule has 30 heavy (non-hydrogen) atoms. The second kappa shape index (κ2) is 9.19. The molecule has 0 heterocycles. The molecule has 0 saturated carbocycles. The van der Waals surface area contributed by atoms with Crippen molar-refractivity contribution in [1.82, 2.24) is 0 Å². The second-order valence-electron chi connectivity index (χ2n) is 6.51. The second-order valence-corrected chi connectivity index (χ2v) is 8.78. The van der Waals surface area contributed by atoms with Gasteiger partial charge < -0.3 is 10.1 Å². The first-order valence-electron chi connectivity index (χ1n) is 9.09. The van der Waals surface area contributed by atoms with Gasteiger partial charge in [0.05, 0.1) is 22.7 Å². The maximum atomic E-state index is 13.3. The van der Waals surface area contributed by atoms with E-state index in [9.17, 15) is 13.2 Å². The van der Waals surface area contributed by atoms with E-state index in [1.54, 1.807) is 42.5 Å². The fourth-order valence-corrected chi connectivity index (χ4v) is 4.56. The van der Waals surface area contributed by atoms with Gasteiger partial charge in [0, 0.05) is 5.69 Å². The van der Waals surface area contributed by atoms with Crippen LogP contribution in [0.25, 0.3) is 0 Å². The van der Waals surface area contributed by atoms with Crippen molar-refractivity contribution in [3.05, 3.63) is 83.4 Å². The number of benzene rings is 3. The topological polar surface area (TPSA) is 75.7 Å². The number of methoxy groups -OCH3 is 1. The molecule has 0 aliphatic heterocycles. The van der Waals surface area contributed by atoms with Gasteiger partial charge in [-0.1, -0.05) is 48.0 Å². The molecular formula is C22H21ClN2O4S. The predicted octanol–water partition coefficient (Wildman–Crippen LogP) is 4.49. The highest BCUT2D eigenvalue weighted by molar-refractivity contribution is 7.92. The van der Waals surface area contributed by atoms with E-state index in [4.69, 9.17) is 16.3 Å². The van der Waals surface area contributed by atoms with Gasteiger partial charge >= 0.3 is 0 Å². The fraction of sp³-hybridized carbons (Fsp3) is 0.136. The van der Waals surface area contributed by atoms with Crippen LogP contribution in [-0.2, 0) is 14.8 Å². The van der Waals surface area contributed by atoms with Crippen molar-refractivity contribution in [1.29, 1.82) is 0 Å². The van der Waals surface area contributed by atoms with Crippen molar-refractivity contribution in [2.45, 2.75) is 11.8 Å². The number of halogens is 1. The summed E-state index contributed by atoms with van der Waals surface area (Å²) < 4.78 is 32.8. The van der Waals surface area contributed by atoms with Gasteiger partial charge in [-0.25, -0.2) is 8.42 Å². The third kappa shape index (κ3) is 4.75. The number of para-hydroxylation sites is 1. The molecule has 6 nitrogen and oxygen atoms in total. The standard InChI is InChI=1S/C22H21ClN2O4S/c1-16-8-6-7-11-20(16)24-22(26)15-25(17-12-13-21(29-2)19(23)14-17)30(27,28)18-9-4-3-5-10-18/h3-14H,15H2,1-2H3,(H,24,26). The van der Waals surface area contributed by atoms with E-state index in [0.29, 0.717) is 11.4 Å². The van der Waals surface area contributed by atoms with Gasteiger partial charge in [-0.05, 0) is 48.9 Å². The number of amides is 1. The summed E-state index contributed by atoms with van der Waals surface area (Å²) in [5, 5.41) is 3.01. The predicted molar refractivity (Wildman–Crippen MR) is 119 cm³/mol. The van der Waals surface area contributed by atoms with Crippen molar-refractivity contribution in [2.75, 3.05) is 23.3 Å². The normalized spacial score (nSPS) is 11.0. The molecule has 3 rings (SSSR count). The third-order valence-electron chi connectivity index (χ3n) is 4.46. The number of carbonyl (C=O) groups excluding carboxylic acids is 1. The molecule has 0 fully saturated rings. The van der Waals surface area contributed by atoms with Gasteiger partial charge in [0.2, 0.25) is 5.91 Å². The molecule has 0 spiro atoms. The molecule has 3 aromatic rings. The lowest BCUT2D eigenvalue weighted by molar-refractivity contribution is -0.114. The number of anilines is 2. The summed E-state index contributed by atoms with van der Waals surface area (Å²) in [7, 11) is -2.55. The van der Waals surface area contributed by atoms with E-state index in [1.165, 1.54) is 25.3 Å². The molecule has 3 aromatic carbocycles. The quantitative estimate of drug-likeness (QED) is 0.582. The number of aryl methyl sites for hydroxylation is 1. The largest absolute Gasteiger partial charge is 0.495 e. The van der Waals surface area contributed by atoms with E-state index in [-0.39, 0.29) is 15.6 Å². The van der Waals surface area contributed by atoms with Crippen LogP contribution in [-0.4, -0.2) is 28.0 Å². The Morgan fingerprint density at radius 3 is 2.33 bits per heavy atom. The Hall–Kier alpha value is -3.03. The molecule has 0 aliphatic rings. The van der Waals surface area contributed by atoms with Crippen LogP contribution in [0, 0.1) is 6.92 Å². The maximum absolute atomic E-state index is 13.3. The number of hydrogen-bond donors (Lipinski definition) is 1. The molecule has 0 aliphatic carbocycles. The zero-order chi connectivity index (χ0) is 21.7. The van der Waals surface area contributed by atoms with Crippen molar-refractivity contribution in [3.8, 4) is 5.75 Å². The lowest BCUT2D eigenvalue weighted by Gasteiger charge is -2.24. The smallest absolute Gasteiger partial charge is 0.264 e. The van der Waals surface area contributed by atoms with E-state index in [2.05, 4.69) is 5.32 Å². The molecule has 0 radical (unpaired) electrons. The minimum atomic E-state index is -4.01. The first-order chi connectivity index (χ1) is 14.3. The number of nitrogens with zero attached hydrogens (tertiary/aromatic N) is 1. The summed E-state index contributed by atoms with van der Waals surface area (Å²) in [5.41, 5.74) is 1.74. The summed E-state index contributed by atoms with van der Waals surface area (Å²) in [6.07, 6.45) is 0. The van der Waals surface area contributed by atoms with Gasteiger partial charge in [-0.15, -0.1) is 0 Å². The number of ether oxygens (including phenoxy) is 1. The molecule has 0 aromatic heterocycles. The van der Waals surface area contributed by atoms with Crippen molar-refractivity contribution in [3.63, 3.8) is 0 Å². The van der Waals surface area contributed by atoms with Crippen molar-refractivity contribution < 1.29 is 17.9 Å².